The summed E-state index contributed by atoms with van der Waals surface area (Å²) in [5.74, 6) is 2.67. The SMILES string of the molecule is COc1cc(N)cc(C(=O)N2CCSCC2)c1. The van der Waals surface area contributed by atoms with Crippen molar-refractivity contribution >= 4 is 23.4 Å². The lowest BCUT2D eigenvalue weighted by Crippen LogP contribution is -2.37. The second-order valence-corrected chi connectivity index (χ2v) is 5.12. The van der Waals surface area contributed by atoms with Crippen molar-refractivity contribution in [3.8, 4) is 5.75 Å². The zero-order valence-corrected chi connectivity index (χ0v) is 10.6. The third-order valence-corrected chi connectivity index (χ3v) is 3.65. The summed E-state index contributed by atoms with van der Waals surface area (Å²) in [4.78, 5) is 14.1. The number of nitrogen functional groups attached to an aromatic ring is 1. The molecule has 0 spiro atoms. The van der Waals surface area contributed by atoms with Crippen molar-refractivity contribution < 1.29 is 9.53 Å². The van der Waals surface area contributed by atoms with E-state index in [2.05, 4.69) is 0 Å². The van der Waals surface area contributed by atoms with Crippen LogP contribution in [0.15, 0.2) is 18.2 Å². The van der Waals surface area contributed by atoms with E-state index in [0.29, 0.717) is 17.0 Å². The van der Waals surface area contributed by atoms with E-state index in [-0.39, 0.29) is 5.91 Å². The Balaban J connectivity index is 2.20. The second-order valence-electron chi connectivity index (χ2n) is 3.90. The number of carbonyl (C=O) groups is 1. The first-order valence-electron chi connectivity index (χ1n) is 5.52. The maximum absolute atomic E-state index is 12.2. The van der Waals surface area contributed by atoms with Gasteiger partial charge in [-0.15, -0.1) is 0 Å². The van der Waals surface area contributed by atoms with Crippen molar-refractivity contribution in [2.24, 2.45) is 0 Å². The summed E-state index contributed by atoms with van der Waals surface area (Å²) >= 11 is 1.88. The molecule has 0 aromatic heterocycles. The number of amides is 1. The Labute approximate surface area is 105 Å². The van der Waals surface area contributed by atoms with Gasteiger partial charge in [-0.3, -0.25) is 4.79 Å². The van der Waals surface area contributed by atoms with E-state index in [0.717, 1.165) is 24.6 Å². The summed E-state index contributed by atoms with van der Waals surface area (Å²) < 4.78 is 5.12. The summed E-state index contributed by atoms with van der Waals surface area (Å²) in [5.41, 5.74) is 6.91. The lowest BCUT2D eigenvalue weighted by Gasteiger charge is -2.26. The quantitative estimate of drug-likeness (QED) is 0.810. The predicted octanol–water partition coefficient (Wildman–Crippen LogP) is 1.47. The van der Waals surface area contributed by atoms with Crippen LogP contribution in [0.1, 0.15) is 10.4 Å². The molecule has 1 aromatic carbocycles. The van der Waals surface area contributed by atoms with Gasteiger partial charge in [-0.2, -0.15) is 11.8 Å². The van der Waals surface area contributed by atoms with E-state index in [1.807, 2.05) is 16.7 Å². The average molecular weight is 252 g/mol. The number of ether oxygens (including phenoxy) is 1. The Morgan fingerprint density at radius 2 is 2.06 bits per heavy atom. The van der Waals surface area contributed by atoms with Gasteiger partial charge in [0.05, 0.1) is 7.11 Å². The standard InChI is InChI=1S/C12H16N2O2S/c1-16-11-7-9(6-10(13)8-11)12(15)14-2-4-17-5-3-14/h6-8H,2-5,13H2,1H3. The fourth-order valence-electron chi connectivity index (χ4n) is 1.81. The molecule has 5 heteroatoms. The number of methoxy groups -OCH3 is 1. The molecular weight excluding hydrogens is 236 g/mol. The highest BCUT2D eigenvalue weighted by Crippen LogP contribution is 2.21. The van der Waals surface area contributed by atoms with Gasteiger partial charge < -0.3 is 15.4 Å². The average Bonchev–Trinajstić information content (AvgIpc) is 2.38. The first-order chi connectivity index (χ1) is 8.20. The van der Waals surface area contributed by atoms with E-state index < -0.39 is 0 Å². The number of anilines is 1. The van der Waals surface area contributed by atoms with E-state index in [9.17, 15) is 4.79 Å². The molecule has 4 nitrogen and oxygen atoms in total. The van der Waals surface area contributed by atoms with Gasteiger partial charge in [-0.05, 0) is 12.1 Å². The molecule has 2 N–H and O–H groups in total. The molecule has 0 radical (unpaired) electrons. The topological polar surface area (TPSA) is 55.6 Å². The van der Waals surface area contributed by atoms with Crippen LogP contribution in [0.3, 0.4) is 0 Å². The molecule has 1 saturated heterocycles. The minimum Gasteiger partial charge on any atom is -0.497 e. The number of hydrogen-bond acceptors (Lipinski definition) is 4. The molecule has 1 fully saturated rings. The van der Waals surface area contributed by atoms with Gasteiger partial charge in [-0.1, -0.05) is 0 Å². The molecule has 2 rings (SSSR count). The highest BCUT2D eigenvalue weighted by molar-refractivity contribution is 7.99. The van der Waals surface area contributed by atoms with Gasteiger partial charge in [0.2, 0.25) is 0 Å². The molecule has 0 saturated carbocycles. The van der Waals surface area contributed by atoms with E-state index in [1.165, 1.54) is 0 Å². The van der Waals surface area contributed by atoms with Gasteiger partial charge in [0.25, 0.3) is 5.91 Å². The number of thioether (sulfide) groups is 1. The predicted molar refractivity (Wildman–Crippen MR) is 70.6 cm³/mol. The lowest BCUT2D eigenvalue weighted by atomic mass is 10.1. The Kier molecular flexibility index (Phi) is 3.78. The van der Waals surface area contributed by atoms with Gasteiger partial charge in [0.1, 0.15) is 5.75 Å². The first kappa shape index (κ1) is 12.1. The molecular formula is C12H16N2O2S. The van der Waals surface area contributed by atoms with E-state index >= 15 is 0 Å². The highest BCUT2D eigenvalue weighted by atomic mass is 32.2. The maximum atomic E-state index is 12.2. The van der Waals surface area contributed by atoms with Crippen LogP contribution in [0.4, 0.5) is 5.69 Å². The summed E-state index contributed by atoms with van der Waals surface area (Å²) in [6.07, 6.45) is 0. The number of rotatable bonds is 2. The smallest absolute Gasteiger partial charge is 0.254 e. The van der Waals surface area contributed by atoms with E-state index in [1.54, 1.807) is 25.3 Å². The largest absolute Gasteiger partial charge is 0.497 e. The van der Waals surface area contributed by atoms with Gasteiger partial charge >= 0.3 is 0 Å². The molecule has 92 valence electrons. The number of carbonyl (C=O) groups excluding carboxylic acids is 1. The first-order valence-corrected chi connectivity index (χ1v) is 6.68. The van der Waals surface area contributed by atoms with Crippen molar-refractivity contribution in [3.63, 3.8) is 0 Å². The van der Waals surface area contributed by atoms with Crippen LogP contribution in [0.2, 0.25) is 0 Å². The molecule has 0 aliphatic carbocycles. The minimum absolute atomic E-state index is 0.0379. The Hall–Kier alpha value is -1.36. The molecule has 1 aliphatic heterocycles. The number of nitrogens with zero attached hydrogens (tertiary/aromatic N) is 1. The fourth-order valence-corrected chi connectivity index (χ4v) is 2.72. The molecule has 0 atom stereocenters. The Morgan fingerprint density at radius 1 is 1.35 bits per heavy atom. The van der Waals surface area contributed by atoms with Crippen LogP contribution in [-0.2, 0) is 0 Å². The molecule has 0 unspecified atom stereocenters. The van der Waals surface area contributed by atoms with Gasteiger partial charge in [0.15, 0.2) is 0 Å². The Bertz CT molecular complexity index is 417. The normalized spacial score (nSPS) is 15.7. The maximum Gasteiger partial charge on any atom is 0.254 e. The zero-order chi connectivity index (χ0) is 12.3. The second kappa shape index (κ2) is 5.31. The molecule has 1 aromatic rings. The number of nitrogens with two attached hydrogens (primary N) is 1. The Morgan fingerprint density at radius 3 is 2.71 bits per heavy atom. The van der Waals surface area contributed by atoms with Crippen LogP contribution < -0.4 is 10.5 Å². The van der Waals surface area contributed by atoms with Crippen molar-refractivity contribution in [3.05, 3.63) is 23.8 Å². The van der Waals surface area contributed by atoms with Crippen LogP contribution >= 0.6 is 11.8 Å². The summed E-state index contributed by atoms with van der Waals surface area (Å²) in [6.45, 7) is 1.61. The summed E-state index contributed by atoms with van der Waals surface area (Å²) in [5, 5.41) is 0. The van der Waals surface area contributed by atoms with Gasteiger partial charge in [0, 0.05) is 41.9 Å². The highest BCUT2D eigenvalue weighted by Gasteiger charge is 2.19. The molecule has 1 amide bonds. The van der Waals surface area contributed by atoms with Crippen molar-refractivity contribution in [2.45, 2.75) is 0 Å². The third-order valence-electron chi connectivity index (χ3n) is 2.71. The van der Waals surface area contributed by atoms with Crippen LogP contribution in [0, 0.1) is 0 Å². The van der Waals surface area contributed by atoms with Gasteiger partial charge in [-0.25, -0.2) is 0 Å². The minimum atomic E-state index is 0.0379. The molecule has 0 bridgehead atoms. The van der Waals surface area contributed by atoms with Crippen molar-refractivity contribution in [1.82, 2.24) is 4.90 Å². The molecule has 17 heavy (non-hydrogen) atoms. The van der Waals surface area contributed by atoms with Crippen molar-refractivity contribution in [2.75, 3.05) is 37.4 Å². The number of benzene rings is 1. The molecule has 1 heterocycles. The zero-order valence-electron chi connectivity index (χ0n) is 9.81. The van der Waals surface area contributed by atoms with Crippen LogP contribution in [0.25, 0.3) is 0 Å². The van der Waals surface area contributed by atoms with Crippen LogP contribution in [0.5, 0.6) is 5.75 Å². The monoisotopic (exact) mass is 252 g/mol. The van der Waals surface area contributed by atoms with E-state index in [4.69, 9.17) is 10.5 Å². The summed E-state index contributed by atoms with van der Waals surface area (Å²) in [6, 6.07) is 5.15. The third kappa shape index (κ3) is 2.85. The summed E-state index contributed by atoms with van der Waals surface area (Å²) in [7, 11) is 1.57. The molecule has 1 aliphatic rings. The fraction of sp³-hybridized carbons (Fsp3) is 0.417. The van der Waals surface area contributed by atoms with Crippen LogP contribution in [-0.4, -0.2) is 42.5 Å². The lowest BCUT2D eigenvalue weighted by molar-refractivity contribution is 0.0772. The number of hydrogen-bond donors (Lipinski definition) is 1. The van der Waals surface area contributed by atoms with Crippen molar-refractivity contribution in [1.29, 1.82) is 0 Å².